The molecular weight excluding hydrogens is 1120 g/mol. The number of anilines is 2. The quantitative estimate of drug-likeness (QED) is 0.169. The minimum Gasteiger partial charge on any atom is -0.508 e. The molecule has 7 aromatic carbocycles. The molecular formula is C75H91FN6O7. The number of fused-ring (bicyclic) bond motifs is 3. The van der Waals surface area contributed by atoms with Gasteiger partial charge >= 0.3 is 6.01 Å². The second kappa shape index (κ2) is 37.4. The molecule has 0 radical (unpaired) electrons. The first-order valence-electron chi connectivity index (χ1n) is 29.9. The molecule has 0 atom stereocenters. The Morgan fingerprint density at radius 3 is 1.63 bits per heavy atom. The maximum Gasteiger partial charge on any atom is 0.316 e. The number of nitrogens with zero attached hydrogens (tertiary/aromatic N) is 6. The molecule has 0 saturated carbocycles. The van der Waals surface area contributed by atoms with Crippen LogP contribution in [0.4, 0.5) is 15.9 Å². The number of ether oxygens (including phenoxy) is 6. The summed E-state index contributed by atoms with van der Waals surface area (Å²) in [5.41, 5.74) is 11.5. The van der Waals surface area contributed by atoms with Crippen LogP contribution in [-0.4, -0.2) is 99.0 Å². The van der Waals surface area contributed by atoms with Crippen LogP contribution >= 0.6 is 0 Å². The van der Waals surface area contributed by atoms with Crippen molar-refractivity contribution in [2.75, 3.05) is 77.6 Å². The zero-order valence-electron chi connectivity index (χ0n) is 54.8. The van der Waals surface area contributed by atoms with E-state index in [1.807, 2.05) is 88.6 Å². The minimum atomic E-state index is -0.189. The van der Waals surface area contributed by atoms with Crippen LogP contribution in [0.2, 0.25) is 0 Å². The summed E-state index contributed by atoms with van der Waals surface area (Å²) in [5, 5.41) is 13.9. The number of aryl methyl sites for hydroxylation is 9. The molecule has 1 N–H and O–H groups in total. The Bertz CT molecular complexity index is 3630. The van der Waals surface area contributed by atoms with E-state index >= 15 is 0 Å². The summed E-state index contributed by atoms with van der Waals surface area (Å²) >= 11 is 0. The molecule has 3 aromatic heterocycles. The lowest BCUT2D eigenvalue weighted by molar-refractivity contribution is 0.122. The monoisotopic (exact) mass is 1210 g/mol. The minimum absolute atomic E-state index is 0.134. The van der Waals surface area contributed by atoms with Crippen LogP contribution in [0.1, 0.15) is 70.5 Å². The van der Waals surface area contributed by atoms with E-state index in [2.05, 4.69) is 164 Å². The lowest BCUT2D eigenvalue weighted by atomic mass is 10.1. The molecule has 13 nitrogen and oxygen atoms in total. The summed E-state index contributed by atoms with van der Waals surface area (Å²) in [6, 6.07) is 52.0. The van der Waals surface area contributed by atoms with Gasteiger partial charge in [-0.15, -0.1) is 0 Å². The predicted molar refractivity (Wildman–Crippen MR) is 364 cm³/mol. The van der Waals surface area contributed by atoms with Crippen LogP contribution in [0.3, 0.4) is 0 Å². The molecule has 5 heterocycles. The van der Waals surface area contributed by atoms with Gasteiger partial charge in [-0.05, 0) is 216 Å². The van der Waals surface area contributed by atoms with Crippen LogP contribution in [0.15, 0.2) is 183 Å². The predicted octanol–water partition coefficient (Wildman–Crippen LogP) is 16.9. The molecule has 0 spiro atoms. The third kappa shape index (κ3) is 26.3. The Morgan fingerprint density at radius 2 is 1.07 bits per heavy atom. The Kier molecular flexibility index (Phi) is 29.6. The molecule has 1 saturated heterocycles. The number of aromatic hydroxyl groups is 1. The number of aromatic nitrogens is 4. The summed E-state index contributed by atoms with van der Waals surface area (Å²) in [7, 11) is 7.34. The average Bonchev–Trinajstić information content (AvgIpc) is 3.41. The zero-order valence-corrected chi connectivity index (χ0v) is 54.8. The van der Waals surface area contributed by atoms with Gasteiger partial charge in [0.15, 0.2) is 11.5 Å². The van der Waals surface area contributed by atoms with E-state index in [1.165, 1.54) is 61.3 Å². The highest BCUT2D eigenvalue weighted by Gasteiger charge is 2.12. The standard InChI is InChI=1S/C12H12O.C11H10O.C10H13FO.C10H14N2O.C10H12O2.C9H13N.C7H9N.C6H8N2O/c1-9-3-4-11-8-12(13-2)6-5-10(11)7-9;1-8-2-3-10-7-11(12)5-4-9(10)6-8;1-7(2)12-9-4-5-10(11)8(3)6-9;1-9-2-3-10(11-8-9)12-4-6-13-7-5-12;1-8-3-4-9-10(7-8)12-6-2-5-11-9;1-8-5-4-6-9(7-8)10(2)3;1-6-3-4-8-7(2)5-6;1-5-3-7-6(9-2)8-4-5/h3-8H,1-2H3;2-7,12H,1H3;4-7H,1-3H3;2-3,8H,4-7H2,1H3;3-4,7H,2,5-6H2,1H3;4-7H,1-3H3;3-5H,1-2H3;3-4H,1-2H3. The summed E-state index contributed by atoms with van der Waals surface area (Å²) in [6.07, 6.45) is 8.26. The van der Waals surface area contributed by atoms with Crippen molar-refractivity contribution in [3.05, 3.63) is 239 Å². The van der Waals surface area contributed by atoms with Crippen LogP contribution in [0, 0.1) is 68.1 Å². The molecule has 10 aromatic rings. The van der Waals surface area contributed by atoms with E-state index < -0.39 is 0 Å². The van der Waals surface area contributed by atoms with E-state index in [1.54, 1.807) is 57.8 Å². The SMILES string of the molecule is COc1ccc2cc(C)ccc2c1.COc1ncc(C)cn1.Cc1cc(OC(C)C)ccc1F.Cc1ccc(N2CCOCC2)nc1.Cc1ccc2c(c1)OCCCO2.Cc1ccc2cc(O)ccc2c1.Cc1cccc(N(C)C)c1.Cc1ccnc(C)c1. The molecule has 0 aliphatic carbocycles. The summed E-state index contributed by atoms with van der Waals surface area (Å²) in [4.78, 5) is 20.5. The fourth-order valence-corrected chi connectivity index (χ4v) is 8.58. The van der Waals surface area contributed by atoms with E-state index in [4.69, 9.17) is 28.4 Å². The van der Waals surface area contributed by atoms with Gasteiger partial charge in [-0.25, -0.2) is 19.3 Å². The average molecular weight is 1210 g/mol. The molecule has 1 fully saturated rings. The third-order valence-electron chi connectivity index (χ3n) is 13.3. The first-order valence-corrected chi connectivity index (χ1v) is 29.9. The molecule has 2 aliphatic heterocycles. The number of hydrogen-bond donors (Lipinski definition) is 1. The van der Waals surface area contributed by atoms with Crippen molar-refractivity contribution >= 4 is 33.1 Å². The Labute approximate surface area is 528 Å². The third-order valence-corrected chi connectivity index (χ3v) is 13.3. The van der Waals surface area contributed by atoms with E-state index in [-0.39, 0.29) is 11.9 Å². The second-order valence-corrected chi connectivity index (χ2v) is 22.1. The van der Waals surface area contributed by atoms with Gasteiger partial charge in [-0.1, -0.05) is 83.9 Å². The van der Waals surface area contributed by atoms with Gasteiger partial charge in [0.05, 0.1) is 46.8 Å². The van der Waals surface area contributed by atoms with Gasteiger partial charge in [0.25, 0.3) is 0 Å². The Hall–Kier alpha value is -9.27. The van der Waals surface area contributed by atoms with E-state index in [0.29, 0.717) is 17.3 Å². The van der Waals surface area contributed by atoms with Gasteiger partial charge in [0, 0.05) is 69.8 Å². The molecule has 89 heavy (non-hydrogen) atoms. The number of phenolic OH excluding ortho intramolecular Hbond substituents is 1. The number of halogens is 1. The maximum atomic E-state index is 12.8. The van der Waals surface area contributed by atoms with Crippen molar-refractivity contribution in [2.24, 2.45) is 0 Å². The highest BCUT2D eigenvalue weighted by molar-refractivity contribution is 5.85. The lowest BCUT2D eigenvalue weighted by Crippen LogP contribution is -2.36. The molecule has 12 rings (SSSR count). The summed E-state index contributed by atoms with van der Waals surface area (Å²) in [6.45, 7) is 27.0. The van der Waals surface area contributed by atoms with Crippen LogP contribution in [-0.2, 0) is 4.74 Å². The number of rotatable bonds is 6. The molecule has 470 valence electrons. The second-order valence-electron chi connectivity index (χ2n) is 22.1. The smallest absolute Gasteiger partial charge is 0.316 e. The molecule has 0 bridgehead atoms. The number of hydrogen-bond acceptors (Lipinski definition) is 13. The molecule has 0 unspecified atom stereocenters. The van der Waals surface area contributed by atoms with Crippen molar-refractivity contribution < 1.29 is 37.9 Å². The number of methoxy groups -OCH3 is 2. The summed E-state index contributed by atoms with van der Waals surface area (Å²) in [5.74, 6) is 4.59. The van der Waals surface area contributed by atoms with Crippen LogP contribution < -0.4 is 33.5 Å². The van der Waals surface area contributed by atoms with Gasteiger partial charge in [0.1, 0.15) is 28.9 Å². The van der Waals surface area contributed by atoms with Gasteiger partial charge in [0.2, 0.25) is 0 Å². The largest absolute Gasteiger partial charge is 0.508 e. The number of pyridine rings is 2. The van der Waals surface area contributed by atoms with Crippen molar-refractivity contribution in [1.82, 2.24) is 19.9 Å². The maximum absolute atomic E-state index is 12.8. The number of morpholine rings is 1. The van der Waals surface area contributed by atoms with Crippen molar-refractivity contribution in [1.29, 1.82) is 0 Å². The first kappa shape index (κ1) is 70.5. The molecule has 0 amide bonds. The van der Waals surface area contributed by atoms with Crippen molar-refractivity contribution in [2.45, 2.75) is 88.7 Å². The first-order chi connectivity index (χ1) is 42.7. The lowest BCUT2D eigenvalue weighted by Gasteiger charge is -2.27. The van der Waals surface area contributed by atoms with Gasteiger partial charge in [-0.3, -0.25) is 4.98 Å². The van der Waals surface area contributed by atoms with Crippen LogP contribution in [0.5, 0.6) is 34.8 Å². The zero-order chi connectivity index (χ0) is 64.7. The van der Waals surface area contributed by atoms with Gasteiger partial charge < -0.3 is 43.3 Å². The van der Waals surface area contributed by atoms with Crippen molar-refractivity contribution in [3.63, 3.8) is 0 Å². The highest BCUT2D eigenvalue weighted by atomic mass is 19.1. The normalized spacial score (nSPS) is 11.8. The molecule has 2 aliphatic rings. The van der Waals surface area contributed by atoms with Crippen molar-refractivity contribution in [3.8, 4) is 34.8 Å². The van der Waals surface area contributed by atoms with Crippen LogP contribution in [0.25, 0.3) is 21.5 Å². The van der Waals surface area contributed by atoms with E-state index in [9.17, 15) is 9.50 Å². The molecule has 14 heteroatoms. The summed E-state index contributed by atoms with van der Waals surface area (Å²) < 4.78 is 44.3. The number of phenols is 1. The van der Waals surface area contributed by atoms with E-state index in [0.717, 1.165) is 91.4 Å². The fourth-order valence-electron chi connectivity index (χ4n) is 8.58. The van der Waals surface area contributed by atoms with Gasteiger partial charge in [-0.2, -0.15) is 0 Å². The topological polar surface area (TPSA) is 134 Å². The highest BCUT2D eigenvalue weighted by Crippen LogP contribution is 2.30. The Balaban J connectivity index is 0.000000186. The fraction of sp³-hybridized carbons (Fsp3) is 0.307. The Morgan fingerprint density at radius 1 is 0.506 bits per heavy atom. The number of benzene rings is 7.